The van der Waals surface area contributed by atoms with Gasteiger partial charge in [0.1, 0.15) is 11.5 Å². The Morgan fingerprint density at radius 1 is 0.526 bits per heavy atom. The third kappa shape index (κ3) is 2.74. The highest BCUT2D eigenvalue weighted by molar-refractivity contribution is 14.1. The van der Waals surface area contributed by atoms with Crippen LogP contribution in [0.3, 0.4) is 0 Å². The fourth-order valence-corrected chi connectivity index (χ4v) is 6.97. The molecule has 0 unspecified atom stereocenters. The molecule has 0 aromatic heterocycles. The summed E-state index contributed by atoms with van der Waals surface area (Å²) in [6.07, 6.45) is -1.15. The molecule has 3 aliphatic rings. The highest BCUT2D eigenvalue weighted by atomic mass is 127. The number of fused-ring (bicyclic) bond motifs is 2. The van der Waals surface area contributed by atoms with Gasteiger partial charge in [-0.15, -0.1) is 0 Å². The summed E-state index contributed by atoms with van der Waals surface area (Å²) < 4.78 is 7.61. The Bertz CT molecular complexity index is 1620. The van der Waals surface area contributed by atoms with E-state index in [9.17, 15) is 19.2 Å². The van der Waals surface area contributed by atoms with Crippen molar-refractivity contribution in [3.63, 3.8) is 0 Å². The van der Waals surface area contributed by atoms with Crippen LogP contribution < -0.4 is 0 Å². The van der Waals surface area contributed by atoms with Crippen LogP contribution >= 0.6 is 22.6 Å². The molecule has 6 heteroatoms. The summed E-state index contributed by atoms with van der Waals surface area (Å²) in [6, 6.07) is 29.5. The van der Waals surface area contributed by atoms with E-state index >= 15 is 0 Å². The number of ether oxygens (including phenoxy) is 1. The van der Waals surface area contributed by atoms with Crippen LogP contribution in [0.15, 0.2) is 103 Å². The molecule has 1 aliphatic heterocycles. The van der Waals surface area contributed by atoms with Gasteiger partial charge in [0, 0.05) is 25.8 Å². The number of halogens is 1. The number of hydrogen-bond acceptors (Lipinski definition) is 5. The SMILES string of the molecule is O=C1c2ccccc2C(=O)C12O[C@H](c1ccccc1)C1(C(=O)c3ccccc3C1=O)[C@H]2c1ccc(I)cc1. The summed E-state index contributed by atoms with van der Waals surface area (Å²) in [5.74, 6) is -3.06. The second kappa shape index (κ2) is 8.12. The number of carbonyl (C=O) groups excluding carboxylic acids is 4. The normalized spacial score (nSPS) is 22.3. The molecule has 184 valence electrons. The van der Waals surface area contributed by atoms with Gasteiger partial charge in [-0.2, -0.15) is 0 Å². The zero-order chi connectivity index (χ0) is 26.2. The Morgan fingerprint density at radius 3 is 1.47 bits per heavy atom. The van der Waals surface area contributed by atoms with E-state index in [4.69, 9.17) is 4.74 Å². The first-order chi connectivity index (χ1) is 18.4. The Hall–Kier alpha value is -3.75. The zero-order valence-electron chi connectivity index (χ0n) is 19.9. The van der Waals surface area contributed by atoms with Crippen molar-refractivity contribution in [1.29, 1.82) is 0 Å². The molecule has 38 heavy (non-hydrogen) atoms. The van der Waals surface area contributed by atoms with Gasteiger partial charge in [-0.25, -0.2) is 0 Å². The molecular weight excluding hydrogens is 591 g/mol. The highest BCUT2D eigenvalue weighted by Crippen LogP contribution is 2.67. The topological polar surface area (TPSA) is 77.5 Å². The first-order valence-electron chi connectivity index (χ1n) is 12.3. The maximum Gasteiger partial charge on any atom is 0.204 e. The van der Waals surface area contributed by atoms with E-state index in [2.05, 4.69) is 22.6 Å². The average molecular weight is 610 g/mol. The third-order valence-electron chi connectivity index (χ3n) is 8.14. The van der Waals surface area contributed by atoms with Crippen LogP contribution in [0.5, 0.6) is 0 Å². The van der Waals surface area contributed by atoms with Gasteiger partial charge in [0.05, 0.1) is 5.92 Å². The minimum atomic E-state index is -2.07. The maximum absolute atomic E-state index is 14.6. The number of hydrogen-bond donors (Lipinski definition) is 0. The minimum Gasteiger partial charge on any atom is -0.348 e. The molecule has 2 aliphatic carbocycles. The van der Waals surface area contributed by atoms with Crippen LogP contribution in [0.2, 0.25) is 0 Å². The quantitative estimate of drug-likeness (QED) is 0.205. The van der Waals surface area contributed by atoms with Gasteiger partial charge in [-0.1, -0.05) is 91.0 Å². The van der Waals surface area contributed by atoms with E-state index in [0.717, 1.165) is 3.57 Å². The lowest BCUT2D eigenvalue weighted by atomic mass is 9.60. The molecular formula is C32H19IO5. The predicted molar refractivity (Wildman–Crippen MR) is 148 cm³/mol. The summed E-state index contributed by atoms with van der Waals surface area (Å²) in [5, 5.41) is 0. The number of Topliss-reactive ketones (excluding diaryl/α,β-unsaturated/α-hetero) is 4. The van der Waals surface area contributed by atoms with E-state index in [-0.39, 0.29) is 22.3 Å². The van der Waals surface area contributed by atoms with E-state index in [1.165, 1.54) is 0 Å². The summed E-state index contributed by atoms with van der Waals surface area (Å²) in [4.78, 5) is 57.8. The summed E-state index contributed by atoms with van der Waals surface area (Å²) in [7, 11) is 0. The Labute approximate surface area is 232 Å². The van der Waals surface area contributed by atoms with Crippen molar-refractivity contribution in [3.8, 4) is 0 Å². The maximum atomic E-state index is 14.6. The second-order valence-corrected chi connectivity index (χ2v) is 11.2. The van der Waals surface area contributed by atoms with Crippen molar-refractivity contribution in [2.45, 2.75) is 17.6 Å². The van der Waals surface area contributed by atoms with E-state index in [0.29, 0.717) is 11.1 Å². The van der Waals surface area contributed by atoms with Crippen LogP contribution in [0.25, 0.3) is 0 Å². The summed E-state index contributed by atoms with van der Waals surface area (Å²) in [5.41, 5.74) is -1.76. The van der Waals surface area contributed by atoms with Crippen LogP contribution in [-0.2, 0) is 4.74 Å². The molecule has 0 saturated carbocycles. The first-order valence-corrected chi connectivity index (χ1v) is 13.4. The second-order valence-electron chi connectivity index (χ2n) is 9.91. The molecule has 1 saturated heterocycles. The highest BCUT2D eigenvalue weighted by Gasteiger charge is 2.79. The van der Waals surface area contributed by atoms with E-state index < -0.39 is 46.2 Å². The summed E-state index contributed by atoms with van der Waals surface area (Å²) >= 11 is 2.17. The smallest absolute Gasteiger partial charge is 0.204 e. The fourth-order valence-electron chi connectivity index (χ4n) is 6.61. The lowest BCUT2D eigenvalue weighted by Gasteiger charge is -2.34. The standard InChI is InChI=1S/C32H19IO5/c33-20-16-14-18(15-17-20)25-31(26(34)21-10-4-5-11-22(21)27(31)35)30(19-8-2-1-3-9-19)38-32(25)28(36)23-12-6-7-13-24(23)29(32)37/h1-17,25,30H/t25-,30-/m1/s1. The van der Waals surface area contributed by atoms with Crippen molar-refractivity contribution in [3.05, 3.63) is 140 Å². The van der Waals surface area contributed by atoms with Gasteiger partial charge in [-0.05, 0) is 45.9 Å². The summed E-state index contributed by atoms with van der Waals surface area (Å²) in [6.45, 7) is 0. The Kier molecular flexibility index (Phi) is 5.00. The van der Waals surface area contributed by atoms with Crippen LogP contribution in [0.4, 0.5) is 0 Å². The lowest BCUT2D eigenvalue weighted by Crippen LogP contribution is -2.51. The molecule has 1 fully saturated rings. The molecule has 2 atom stereocenters. The van der Waals surface area contributed by atoms with Gasteiger partial charge in [-0.3, -0.25) is 19.2 Å². The number of benzene rings is 4. The largest absolute Gasteiger partial charge is 0.348 e. The van der Waals surface area contributed by atoms with E-state index in [1.54, 1.807) is 84.9 Å². The first kappa shape index (κ1) is 23.4. The molecule has 0 radical (unpaired) electrons. The third-order valence-corrected chi connectivity index (χ3v) is 8.86. The molecule has 1 heterocycles. The molecule has 5 nitrogen and oxygen atoms in total. The minimum absolute atomic E-state index is 0.243. The van der Waals surface area contributed by atoms with Gasteiger partial charge >= 0.3 is 0 Å². The number of rotatable bonds is 2. The van der Waals surface area contributed by atoms with Crippen LogP contribution in [0.1, 0.15) is 64.6 Å². The monoisotopic (exact) mass is 610 g/mol. The van der Waals surface area contributed by atoms with Crippen molar-refractivity contribution in [2.24, 2.45) is 5.41 Å². The lowest BCUT2D eigenvalue weighted by molar-refractivity contribution is -0.0210. The molecule has 7 rings (SSSR count). The van der Waals surface area contributed by atoms with Crippen molar-refractivity contribution >= 4 is 45.7 Å². The van der Waals surface area contributed by atoms with Gasteiger partial charge in [0.15, 0.2) is 11.6 Å². The molecule has 0 amide bonds. The van der Waals surface area contributed by atoms with Crippen molar-refractivity contribution in [1.82, 2.24) is 0 Å². The molecule has 0 bridgehead atoms. The van der Waals surface area contributed by atoms with Gasteiger partial charge in [0.2, 0.25) is 17.2 Å². The average Bonchev–Trinajstić information content (AvgIpc) is 3.48. The molecule has 4 aromatic carbocycles. The Morgan fingerprint density at radius 2 is 0.974 bits per heavy atom. The molecule has 0 N–H and O–H groups in total. The van der Waals surface area contributed by atoms with E-state index in [1.807, 2.05) is 18.2 Å². The van der Waals surface area contributed by atoms with Crippen molar-refractivity contribution in [2.75, 3.05) is 0 Å². The van der Waals surface area contributed by atoms with Crippen LogP contribution in [-0.4, -0.2) is 28.7 Å². The zero-order valence-corrected chi connectivity index (χ0v) is 22.0. The molecule has 4 aromatic rings. The van der Waals surface area contributed by atoms with Crippen molar-refractivity contribution < 1.29 is 23.9 Å². The number of ketones is 4. The fraction of sp³-hybridized carbons (Fsp3) is 0.125. The molecule has 2 spiro atoms. The van der Waals surface area contributed by atoms with Gasteiger partial charge < -0.3 is 4.74 Å². The van der Waals surface area contributed by atoms with Crippen LogP contribution in [0, 0.1) is 8.99 Å². The Balaban J connectivity index is 1.59. The predicted octanol–water partition coefficient (Wildman–Crippen LogP) is 6.03. The van der Waals surface area contributed by atoms with Gasteiger partial charge in [0.25, 0.3) is 0 Å². The number of carbonyl (C=O) groups is 4.